The Morgan fingerprint density at radius 2 is 1.83 bits per heavy atom. The molecule has 8 nitrogen and oxygen atoms in total. The third-order valence-corrected chi connectivity index (χ3v) is 5.09. The molecule has 29 heavy (non-hydrogen) atoms. The molecule has 0 radical (unpaired) electrons. The fourth-order valence-electron chi connectivity index (χ4n) is 3.60. The zero-order valence-electron chi connectivity index (χ0n) is 18.0. The number of nitrogens with one attached hydrogen (secondary N) is 1. The molecule has 1 fully saturated rings. The Labute approximate surface area is 189 Å². The molecule has 1 aromatic carbocycles. The molecule has 0 amide bonds. The minimum absolute atomic E-state index is 0. The molecule has 9 heteroatoms. The number of methoxy groups -OCH3 is 4. The van der Waals surface area contributed by atoms with Crippen molar-refractivity contribution in [2.45, 2.75) is 13.3 Å². The molecule has 1 aliphatic heterocycles. The van der Waals surface area contributed by atoms with Crippen molar-refractivity contribution >= 4 is 35.9 Å². The lowest BCUT2D eigenvalue weighted by Gasteiger charge is -2.22. The number of aliphatic imine (C=N–C) groups is 1. The van der Waals surface area contributed by atoms with Crippen molar-refractivity contribution in [3.8, 4) is 17.2 Å². The maximum atomic E-state index is 11.9. The second-order valence-electron chi connectivity index (χ2n) is 6.73. The van der Waals surface area contributed by atoms with Crippen LogP contribution in [0.3, 0.4) is 0 Å². The predicted octanol–water partition coefficient (Wildman–Crippen LogP) is 2.19. The summed E-state index contributed by atoms with van der Waals surface area (Å²) >= 11 is 0. The molecule has 0 aromatic heterocycles. The Balaban J connectivity index is 0.00000420. The van der Waals surface area contributed by atoms with Gasteiger partial charge in [0.2, 0.25) is 5.75 Å². The van der Waals surface area contributed by atoms with E-state index in [1.165, 1.54) is 7.11 Å². The largest absolute Gasteiger partial charge is 0.493 e. The number of nitrogens with zero attached hydrogens (tertiary/aromatic N) is 2. The van der Waals surface area contributed by atoms with Crippen LogP contribution in [0, 0.1) is 11.8 Å². The number of guanidine groups is 1. The van der Waals surface area contributed by atoms with Crippen molar-refractivity contribution in [3.05, 3.63) is 17.7 Å². The molecule has 1 saturated heterocycles. The topological polar surface area (TPSA) is 81.6 Å². The van der Waals surface area contributed by atoms with E-state index in [2.05, 4.69) is 22.1 Å². The lowest BCUT2D eigenvalue weighted by atomic mass is 9.99. The molecule has 2 rings (SSSR count). The first kappa shape index (κ1) is 25.1. The van der Waals surface area contributed by atoms with E-state index >= 15 is 0 Å². The Hall–Kier alpha value is -1.91. The number of halogens is 1. The number of rotatable bonds is 7. The highest BCUT2D eigenvalue weighted by molar-refractivity contribution is 14.0. The first-order valence-corrected chi connectivity index (χ1v) is 9.31. The number of esters is 1. The molecule has 0 aliphatic carbocycles. The summed E-state index contributed by atoms with van der Waals surface area (Å²) < 4.78 is 21.2. The highest BCUT2D eigenvalue weighted by atomic mass is 127. The Kier molecular flexibility index (Phi) is 10.3. The van der Waals surface area contributed by atoms with Gasteiger partial charge < -0.3 is 29.2 Å². The highest BCUT2D eigenvalue weighted by Crippen LogP contribution is 2.39. The van der Waals surface area contributed by atoms with E-state index in [-0.39, 0.29) is 41.8 Å². The van der Waals surface area contributed by atoms with E-state index in [4.69, 9.17) is 18.9 Å². The summed E-state index contributed by atoms with van der Waals surface area (Å²) in [6.45, 7) is 4.09. The van der Waals surface area contributed by atoms with E-state index in [1.54, 1.807) is 28.4 Å². The molecule has 0 saturated carbocycles. The minimum atomic E-state index is -0.166. The number of likely N-dealkylation sites (tertiary alicyclic amines) is 1. The number of ether oxygens (including phenoxy) is 4. The van der Waals surface area contributed by atoms with Gasteiger partial charge in [0.1, 0.15) is 0 Å². The Morgan fingerprint density at radius 1 is 1.14 bits per heavy atom. The minimum Gasteiger partial charge on any atom is -0.493 e. The van der Waals surface area contributed by atoms with Gasteiger partial charge in [-0.05, 0) is 18.4 Å². The third kappa shape index (κ3) is 5.80. The average Bonchev–Trinajstić information content (AvgIpc) is 3.11. The van der Waals surface area contributed by atoms with Crippen LogP contribution < -0.4 is 19.5 Å². The third-order valence-electron chi connectivity index (χ3n) is 5.09. The molecule has 1 N–H and O–H groups in total. The van der Waals surface area contributed by atoms with Crippen LogP contribution in [0.25, 0.3) is 0 Å². The van der Waals surface area contributed by atoms with Crippen molar-refractivity contribution in [2.24, 2.45) is 16.8 Å². The molecular formula is C20H32IN3O5. The first-order chi connectivity index (χ1) is 13.5. The molecular weight excluding hydrogens is 489 g/mol. The van der Waals surface area contributed by atoms with Crippen LogP contribution in [0.1, 0.15) is 12.5 Å². The number of carbonyl (C=O) groups excluding carboxylic acids is 1. The molecule has 0 spiro atoms. The van der Waals surface area contributed by atoms with Gasteiger partial charge in [0.25, 0.3) is 0 Å². The van der Waals surface area contributed by atoms with Crippen LogP contribution >= 0.6 is 24.0 Å². The SMILES string of the molecule is CN=C(NCCc1ccc(OC)c(OC)c1OC)N1CC(C)C(C(=O)OC)C1.I. The summed E-state index contributed by atoms with van der Waals surface area (Å²) in [5.41, 5.74) is 1.00. The van der Waals surface area contributed by atoms with Crippen LogP contribution in [0.4, 0.5) is 0 Å². The van der Waals surface area contributed by atoms with Crippen LogP contribution in [-0.4, -0.2) is 71.9 Å². The molecule has 164 valence electrons. The van der Waals surface area contributed by atoms with E-state index < -0.39 is 0 Å². The summed E-state index contributed by atoms with van der Waals surface area (Å²) in [6.07, 6.45) is 0.715. The summed E-state index contributed by atoms with van der Waals surface area (Å²) in [4.78, 5) is 18.4. The van der Waals surface area contributed by atoms with Gasteiger partial charge in [0.15, 0.2) is 17.5 Å². The lowest BCUT2D eigenvalue weighted by Crippen LogP contribution is -2.41. The summed E-state index contributed by atoms with van der Waals surface area (Å²) in [6, 6.07) is 3.84. The van der Waals surface area contributed by atoms with Gasteiger partial charge in [-0.25, -0.2) is 0 Å². The van der Waals surface area contributed by atoms with Crippen LogP contribution in [0.15, 0.2) is 17.1 Å². The standard InChI is InChI=1S/C20H31N3O5.HI/c1-13-11-23(12-15(13)19(24)28-6)20(21-2)22-10-9-14-7-8-16(25-3)18(27-5)17(14)26-4;/h7-8,13,15H,9-12H2,1-6H3,(H,21,22);1H. The maximum Gasteiger partial charge on any atom is 0.310 e. The quantitative estimate of drug-likeness (QED) is 0.255. The van der Waals surface area contributed by atoms with Crippen LogP contribution in [-0.2, 0) is 16.0 Å². The fourth-order valence-corrected chi connectivity index (χ4v) is 3.60. The molecule has 2 unspecified atom stereocenters. The first-order valence-electron chi connectivity index (χ1n) is 9.31. The van der Waals surface area contributed by atoms with Crippen molar-refractivity contribution in [3.63, 3.8) is 0 Å². The van der Waals surface area contributed by atoms with Crippen LogP contribution in [0.5, 0.6) is 17.2 Å². The second kappa shape index (κ2) is 11.9. The zero-order chi connectivity index (χ0) is 20.7. The fraction of sp³-hybridized carbons (Fsp3) is 0.600. The molecule has 1 heterocycles. The molecule has 1 aliphatic rings. The molecule has 2 atom stereocenters. The van der Waals surface area contributed by atoms with E-state index in [0.717, 1.165) is 18.1 Å². The van der Waals surface area contributed by atoms with Crippen molar-refractivity contribution in [1.82, 2.24) is 10.2 Å². The van der Waals surface area contributed by atoms with Gasteiger partial charge in [0.05, 0.1) is 34.4 Å². The Morgan fingerprint density at radius 3 is 2.38 bits per heavy atom. The van der Waals surface area contributed by atoms with Gasteiger partial charge >= 0.3 is 5.97 Å². The van der Waals surface area contributed by atoms with E-state index in [0.29, 0.717) is 36.8 Å². The summed E-state index contributed by atoms with van der Waals surface area (Å²) in [5.74, 6) is 2.58. The van der Waals surface area contributed by atoms with Gasteiger partial charge in [0, 0.05) is 32.2 Å². The van der Waals surface area contributed by atoms with Crippen molar-refractivity contribution < 1.29 is 23.7 Å². The van der Waals surface area contributed by atoms with E-state index in [9.17, 15) is 4.79 Å². The number of hydrogen-bond acceptors (Lipinski definition) is 6. The maximum absolute atomic E-state index is 11.9. The predicted molar refractivity (Wildman–Crippen MR) is 123 cm³/mol. The van der Waals surface area contributed by atoms with Gasteiger partial charge in [-0.1, -0.05) is 13.0 Å². The monoisotopic (exact) mass is 521 g/mol. The number of hydrogen-bond donors (Lipinski definition) is 1. The van der Waals surface area contributed by atoms with Crippen LogP contribution in [0.2, 0.25) is 0 Å². The van der Waals surface area contributed by atoms with Gasteiger partial charge in [-0.15, -0.1) is 24.0 Å². The highest BCUT2D eigenvalue weighted by Gasteiger charge is 2.36. The van der Waals surface area contributed by atoms with Crippen molar-refractivity contribution in [2.75, 3.05) is 55.1 Å². The number of benzene rings is 1. The smallest absolute Gasteiger partial charge is 0.310 e. The Bertz CT molecular complexity index is 714. The summed E-state index contributed by atoms with van der Waals surface area (Å²) in [7, 11) is 7.99. The molecule has 0 bridgehead atoms. The van der Waals surface area contributed by atoms with E-state index in [1.807, 2.05) is 12.1 Å². The number of carbonyl (C=O) groups is 1. The van der Waals surface area contributed by atoms with Crippen molar-refractivity contribution in [1.29, 1.82) is 0 Å². The zero-order valence-corrected chi connectivity index (χ0v) is 20.3. The molecule has 1 aromatic rings. The van der Waals surface area contributed by atoms with Gasteiger partial charge in [-0.3, -0.25) is 9.79 Å². The summed E-state index contributed by atoms with van der Waals surface area (Å²) in [5, 5.41) is 3.37. The average molecular weight is 521 g/mol. The van der Waals surface area contributed by atoms with Gasteiger partial charge in [-0.2, -0.15) is 0 Å². The lowest BCUT2D eigenvalue weighted by molar-refractivity contribution is -0.145. The normalized spacial score (nSPS) is 18.7. The second-order valence-corrected chi connectivity index (χ2v) is 6.73.